The Bertz CT molecular complexity index is 1230. The lowest BCUT2D eigenvalue weighted by molar-refractivity contribution is -0.131. The van der Waals surface area contributed by atoms with Gasteiger partial charge in [-0.25, -0.2) is 4.98 Å². The van der Waals surface area contributed by atoms with E-state index in [0.717, 1.165) is 27.7 Å². The van der Waals surface area contributed by atoms with Gasteiger partial charge in [0.25, 0.3) is 5.91 Å². The minimum Gasteiger partial charge on any atom is -0.482 e. The lowest BCUT2D eigenvalue weighted by Crippen LogP contribution is -2.55. The first-order valence-corrected chi connectivity index (χ1v) is 10.4. The summed E-state index contributed by atoms with van der Waals surface area (Å²) in [5.74, 6) is 0.623. The first kappa shape index (κ1) is 19.6. The lowest BCUT2D eigenvalue weighted by atomic mass is 9.96. The van der Waals surface area contributed by atoms with Gasteiger partial charge in [0.15, 0.2) is 6.61 Å². The van der Waals surface area contributed by atoms with Gasteiger partial charge in [0.2, 0.25) is 5.91 Å². The number of aryl methyl sites for hydroxylation is 1. The van der Waals surface area contributed by atoms with Crippen LogP contribution in [0.2, 0.25) is 5.02 Å². The molecule has 3 aromatic rings. The fourth-order valence-electron chi connectivity index (χ4n) is 4.31. The fourth-order valence-corrected chi connectivity index (χ4v) is 4.57. The van der Waals surface area contributed by atoms with Crippen molar-refractivity contribution >= 4 is 40.1 Å². The minimum absolute atomic E-state index is 0.0261. The predicted molar refractivity (Wildman–Crippen MR) is 119 cm³/mol. The number of ether oxygens (including phenoxy) is 1. The number of nitrogens with zero attached hydrogens (tertiary/aromatic N) is 3. The minimum atomic E-state index is -0.115. The number of aromatic nitrogens is 2. The van der Waals surface area contributed by atoms with Crippen LogP contribution in [-0.2, 0) is 9.59 Å². The monoisotopic (exact) mass is 436 g/mol. The van der Waals surface area contributed by atoms with Crippen LogP contribution in [0.3, 0.4) is 0 Å². The Morgan fingerprint density at radius 1 is 1.39 bits per heavy atom. The quantitative estimate of drug-likeness (QED) is 0.634. The highest BCUT2D eigenvalue weighted by Gasteiger charge is 2.35. The van der Waals surface area contributed by atoms with E-state index in [9.17, 15) is 9.59 Å². The van der Waals surface area contributed by atoms with Crippen LogP contribution in [0.1, 0.15) is 5.56 Å². The largest absolute Gasteiger partial charge is 0.482 e. The molecule has 0 bridgehead atoms. The van der Waals surface area contributed by atoms with Crippen LogP contribution in [0.15, 0.2) is 43.2 Å². The molecular weight excluding hydrogens is 416 g/mol. The summed E-state index contributed by atoms with van der Waals surface area (Å²) in [7, 11) is 0. The van der Waals surface area contributed by atoms with Crippen molar-refractivity contribution in [3.8, 4) is 16.9 Å². The summed E-state index contributed by atoms with van der Waals surface area (Å²) >= 11 is 6.72. The maximum atomic E-state index is 12.6. The zero-order valence-electron chi connectivity index (χ0n) is 17.0. The van der Waals surface area contributed by atoms with Gasteiger partial charge >= 0.3 is 0 Å². The molecule has 8 heteroatoms. The highest BCUT2D eigenvalue weighted by Crippen LogP contribution is 2.43. The van der Waals surface area contributed by atoms with Gasteiger partial charge in [0.05, 0.1) is 28.1 Å². The van der Waals surface area contributed by atoms with E-state index in [4.69, 9.17) is 16.3 Å². The first-order chi connectivity index (χ1) is 15.0. The number of amides is 2. The molecule has 1 saturated heterocycles. The Balaban J connectivity index is 1.48. The smallest absolute Gasteiger partial charge is 0.265 e. The molecule has 0 spiro atoms. The third kappa shape index (κ3) is 3.25. The van der Waals surface area contributed by atoms with Gasteiger partial charge in [-0.2, -0.15) is 0 Å². The van der Waals surface area contributed by atoms with Gasteiger partial charge in [0, 0.05) is 36.7 Å². The number of imidazole rings is 1. The van der Waals surface area contributed by atoms with Crippen molar-refractivity contribution in [2.45, 2.75) is 6.92 Å². The number of nitrogens with one attached hydrogen (secondary N) is 1. The summed E-state index contributed by atoms with van der Waals surface area (Å²) in [6.07, 6.45) is 2.98. The van der Waals surface area contributed by atoms with Crippen LogP contribution in [0.4, 0.5) is 5.69 Å². The Hall–Kier alpha value is -3.32. The number of anilines is 1. The van der Waals surface area contributed by atoms with E-state index in [0.29, 0.717) is 36.1 Å². The van der Waals surface area contributed by atoms with Crippen molar-refractivity contribution in [1.82, 2.24) is 14.9 Å². The van der Waals surface area contributed by atoms with E-state index < -0.39 is 0 Å². The van der Waals surface area contributed by atoms with E-state index in [-0.39, 0.29) is 24.3 Å². The predicted octanol–water partition coefficient (Wildman–Crippen LogP) is 3.56. The summed E-state index contributed by atoms with van der Waals surface area (Å²) < 4.78 is 5.77. The van der Waals surface area contributed by atoms with Gasteiger partial charge in [-0.05, 0) is 36.8 Å². The van der Waals surface area contributed by atoms with Crippen LogP contribution in [0.25, 0.3) is 22.2 Å². The molecule has 31 heavy (non-hydrogen) atoms. The molecule has 0 aliphatic carbocycles. The molecule has 0 radical (unpaired) electrons. The summed E-state index contributed by atoms with van der Waals surface area (Å²) in [6.45, 7) is 7.24. The molecule has 0 saturated carbocycles. The molecule has 2 aliphatic heterocycles. The maximum Gasteiger partial charge on any atom is 0.265 e. The molecule has 0 unspecified atom stereocenters. The number of carbonyl (C=O) groups excluding carboxylic acids is 2. The van der Waals surface area contributed by atoms with Gasteiger partial charge in [-0.15, -0.1) is 0 Å². The third-order valence-electron chi connectivity index (χ3n) is 5.95. The van der Waals surface area contributed by atoms with Crippen molar-refractivity contribution in [1.29, 1.82) is 0 Å². The number of carbonyl (C=O) groups is 2. The molecule has 2 aromatic carbocycles. The standard InChI is InChI=1S/C23H21ClN4O3/c1-3-20(29)27-8-14(9-27)10-28-18-7-16(24)15(6-19(18)31-11-21(28)30)22-13(2)4-5-17-23(22)26-12-25-17/h3-7,12,14H,1,8-11H2,2H3,(H,25,26). The molecule has 0 atom stereocenters. The van der Waals surface area contributed by atoms with Gasteiger partial charge in [-0.1, -0.05) is 24.2 Å². The highest BCUT2D eigenvalue weighted by atomic mass is 35.5. The van der Waals surface area contributed by atoms with Crippen molar-refractivity contribution in [2.75, 3.05) is 31.1 Å². The Morgan fingerprint density at radius 3 is 2.97 bits per heavy atom. The molecule has 1 N–H and O–H groups in total. The molecule has 1 fully saturated rings. The first-order valence-electron chi connectivity index (χ1n) is 10.1. The van der Waals surface area contributed by atoms with E-state index in [1.807, 2.05) is 25.1 Å². The normalized spacial score (nSPS) is 16.1. The van der Waals surface area contributed by atoms with Crippen LogP contribution in [0, 0.1) is 12.8 Å². The number of halogens is 1. The molecule has 5 rings (SSSR count). The van der Waals surface area contributed by atoms with E-state index in [2.05, 4.69) is 16.5 Å². The van der Waals surface area contributed by atoms with Crippen LogP contribution < -0.4 is 9.64 Å². The molecule has 158 valence electrons. The second-order valence-corrected chi connectivity index (χ2v) is 8.37. The zero-order valence-corrected chi connectivity index (χ0v) is 17.8. The van der Waals surface area contributed by atoms with Gasteiger partial charge in [-0.3, -0.25) is 9.59 Å². The maximum absolute atomic E-state index is 12.6. The SMILES string of the molecule is C=CC(=O)N1CC(CN2C(=O)COc3cc(-c4c(C)ccc5[nH]cnc45)c(Cl)cc32)C1. The summed E-state index contributed by atoms with van der Waals surface area (Å²) in [6, 6.07) is 7.69. The van der Waals surface area contributed by atoms with E-state index in [1.54, 1.807) is 22.2 Å². The van der Waals surface area contributed by atoms with Gasteiger partial charge in [0.1, 0.15) is 5.75 Å². The fraction of sp³-hybridized carbons (Fsp3) is 0.261. The topological polar surface area (TPSA) is 78.5 Å². The number of likely N-dealkylation sites (tertiary alicyclic amines) is 1. The molecular formula is C23H21ClN4O3. The Labute approximate surface area is 184 Å². The number of H-pyrrole nitrogens is 1. The number of aromatic amines is 1. The molecule has 1 aromatic heterocycles. The number of fused-ring (bicyclic) bond motifs is 2. The number of benzene rings is 2. The van der Waals surface area contributed by atoms with Crippen molar-refractivity contribution in [3.63, 3.8) is 0 Å². The van der Waals surface area contributed by atoms with E-state index in [1.165, 1.54) is 6.08 Å². The zero-order chi connectivity index (χ0) is 21.7. The molecule has 7 nitrogen and oxygen atoms in total. The average molecular weight is 437 g/mol. The van der Waals surface area contributed by atoms with Crippen molar-refractivity contribution < 1.29 is 14.3 Å². The second-order valence-electron chi connectivity index (χ2n) is 7.96. The Kier molecular flexibility index (Phi) is 4.70. The van der Waals surface area contributed by atoms with E-state index >= 15 is 0 Å². The summed E-state index contributed by atoms with van der Waals surface area (Å²) in [5, 5.41) is 0.526. The summed E-state index contributed by atoms with van der Waals surface area (Å²) in [5.41, 5.74) is 5.23. The van der Waals surface area contributed by atoms with Crippen LogP contribution in [0.5, 0.6) is 5.75 Å². The second kappa shape index (κ2) is 7.42. The molecule has 2 aliphatic rings. The van der Waals surface area contributed by atoms with Gasteiger partial charge < -0.3 is 19.5 Å². The highest BCUT2D eigenvalue weighted by molar-refractivity contribution is 6.34. The van der Waals surface area contributed by atoms with Crippen LogP contribution >= 0.6 is 11.6 Å². The number of hydrogen-bond acceptors (Lipinski definition) is 4. The Morgan fingerprint density at radius 2 is 2.19 bits per heavy atom. The summed E-state index contributed by atoms with van der Waals surface area (Å²) in [4.78, 5) is 35.3. The lowest BCUT2D eigenvalue weighted by Gasteiger charge is -2.42. The average Bonchev–Trinajstić information content (AvgIpc) is 3.20. The number of hydrogen-bond donors (Lipinski definition) is 1. The third-order valence-corrected chi connectivity index (χ3v) is 6.26. The number of rotatable bonds is 4. The van der Waals surface area contributed by atoms with Crippen molar-refractivity contribution in [3.05, 3.63) is 53.8 Å². The molecule has 2 amide bonds. The van der Waals surface area contributed by atoms with Crippen LogP contribution in [-0.4, -0.2) is 52.9 Å². The van der Waals surface area contributed by atoms with Crippen molar-refractivity contribution in [2.24, 2.45) is 5.92 Å². The molecule has 3 heterocycles.